The molecule has 6 nitrogen and oxygen atoms in total. The van der Waals surface area contributed by atoms with Crippen molar-refractivity contribution in [3.63, 3.8) is 0 Å². The summed E-state index contributed by atoms with van der Waals surface area (Å²) >= 11 is 0. The van der Waals surface area contributed by atoms with Gasteiger partial charge in [0.15, 0.2) is 0 Å². The van der Waals surface area contributed by atoms with Crippen LogP contribution >= 0.6 is 0 Å². The molecule has 1 N–H and O–H groups in total. The van der Waals surface area contributed by atoms with Gasteiger partial charge in [-0.25, -0.2) is 0 Å². The number of aryl methyl sites for hydroxylation is 2. The number of rotatable bonds is 6. The Morgan fingerprint density at radius 3 is 2.62 bits per heavy atom. The van der Waals surface area contributed by atoms with E-state index >= 15 is 0 Å². The lowest BCUT2D eigenvalue weighted by molar-refractivity contribution is -0.385. The topological polar surface area (TPSA) is 81.5 Å². The maximum absolute atomic E-state index is 12.1. The lowest BCUT2D eigenvalue weighted by Gasteiger charge is -2.11. The zero-order chi connectivity index (χ0) is 17.7. The van der Waals surface area contributed by atoms with Gasteiger partial charge in [0.1, 0.15) is 12.4 Å². The van der Waals surface area contributed by atoms with Gasteiger partial charge in [0.25, 0.3) is 11.6 Å². The van der Waals surface area contributed by atoms with Gasteiger partial charge in [0, 0.05) is 17.2 Å². The van der Waals surface area contributed by atoms with E-state index in [0.717, 1.165) is 16.9 Å². The lowest BCUT2D eigenvalue weighted by Crippen LogP contribution is -2.28. The zero-order valence-electron chi connectivity index (χ0n) is 14.0. The molecule has 0 aliphatic carbocycles. The van der Waals surface area contributed by atoms with Crippen molar-refractivity contribution in [2.75, 3.05) is 13.2 Å². The Hall–Kier alpha value is -2.89. The van der Waals surface area contributed by atoms with Gasteiger partial charge >= 0.3 is 0 Å². The molecule has 0 unspecified atom stereocenters. The standard InChI is InChI=1S/C18H20N2O4/c1-12-5-4-6-17(14(12)3)24-10-9-19-18(21)15-8-7-13(2)16(11-15)20(22)23/h4-8,11H,9-10H2,1-3H3,(H,19,21). The van der Waals surface area contributed by atoms with Crippen LogP contribution in [0.5, 0.6) is 5.75 Å². The van der Waals surface area contributed by atoms with Crippen LogP contribution in [0.4, 0.5) is 5.69 Å². The van der Waals surface area contributed by atoms with Crippen LogP contribution in [-0.4, -0.2) is 24.0 Å². The molecule has 2 rings (SSSR count). The van der Waals surface area contributed by atoms with Gasteiger partial charge < -0.3 is 10.1 Å². The molecule has 0 fully saturated rings. The van der Waals surface area contributed by atoms with Crippen LogP contribution in [0.3, 0.4) is 0 Å². The molecule has 0 saturated heterocycles. The molecule has 1 amide bonds. The zero-order valence-corrected chi connectivity index (χ0v) is 14.0. The quantitative estimate of drug-likeness (QED) is 0.501. The molecular formula is C18H20N2O4. The van der Waals surface area contributed by atoms with Crippen molar-refractivity contribution in [1.82, 2.24) is 5.32 Å². The third-order valence-corrected chi connectivity index (χ3v) is 3.87. The fraction of sp³-hybridized carbons (Fsp3) is 0.278. The first-order chi connectivity index (χ1) is 11.4. The Morgan fingerprint density at radius 1 is 1.17 bits per heavy atom. The number of nitro groups is 1. The molecule has 24 heavy (non-hydrogen) atoms. The van der Waals surface area contributed by atoms with Crippen LogP contribution < -0.4 is 10.1 Å². The van der Waals surface area contributed by atoms with Gasteiger partial charge in [-0.3, -0.25) is 14.9 Å². The minimum Gasteiger partial charge on any atom is -0.491 e. The number of hydrogen-bond acceptors (Lipinski definition) is 4. The second-order valence-electron chi connectivity index (χ2n) is 5.56. The van der Waals surface area contributed by atoms with Crippen LogP contribution in [0.1, 0.15) is 27.0 Å². The number of hydrogen-bond donors (Lipinski definition) is 1. The number of nitrogens with zero attached hydrogens (tertiary/aromatic N) is 1. The molecule has 0 spiro atoms. The average molecular weight is 328 g/mol. The van der Waals surface area contributed by atoms with Gasteiger partial charge in [0.05, 0.1) is 11.5 Å². The predicted molar refractivity (Wildman–Crippen MR) is 91.6 cm³/mol. The summed E-state index contributed by atoms with van der Waals surface area (Å²) in [6, 6.07) is 10.2. The van der Waals surface area contributed by atoms with Crippen LogP contribution in [0, 0.1) is 30.9 Å². The minimum atomic E-state index is -0.490. The van der Waals surface area contributed by atoms with E-state index in [1.165, 1.54) is 6.07 Å². The number of ether oxygens (including phenoxy) is 1. The highest BCUT2D eigenvalue weighted by Gasteiger charge is 2.14. The molecule has 0 radical (unpaired) electrons. The fourth-order valence-corrected chi connectivity index (χ4v) is 2.26. The molecule has 6 heteroatoms. The first-order valence-electron chi connectivity index (χ1n) is 7.62. The molecule has 0 heterocycles. The Bertz CT molecular complexity index is 772. The van der Waals surface area contributed by atoms with E-state index in [-0.39, 0.29) is 17.2 Å². The van der Waals surface area contributed by atoms with E-state index in [2.05, 4.69) is 5.32 Å². The summed E-state index contributed by atoms with van der Waals surface area (Å²) in [5, 5.41) is 13.6. The lowest BCUT2D eigenvalue weighted by atomic mass is 10.1. The maximum Gasteiger partial charge on any atom is 0.273 e. The van der Waals surface area contributed by atoms with Crippen molar-refractivity contribution in [3.8, 4) is 5.75 Å². The van der Waals surface area contributed by atoms with Crippen molar-refractivity contribution in [1.29, 1.82) is 0 Å². The van der Waals surface area contributed by atoms with Crippen LogP contribution in [-0.2, 0) is 0 Å². The van der Waals surface area contributed by atoms with Crippen LogP contribution in [0.2, 0.25) is 0 Å². The maximum atomic E-state index is 12.1. The van der Waals surface area contributed by atoms with Gasteiger partial charge in [-0.1, -0.05) is 18.2 Å². The Labute approximate surface area is 140 Å². The van der Waals surface area contributed by atoms with Crippen molar-refractivity contribution in [3.05, 3.63) is 68.8 Å². The number of nitrogens with one attached hydrogen (secondary N) is 1. The van der Waals surface area contributed by atoms with E-state index in [9.17, 15) is 14.9 Å². The third-order valence-electron chi connectivity index (χ3n) is 3.87. The number of carbonyl (C=O) groups excluding carboxylic acids is 1. The number of benzene rings is 2. The second kappa shape index (κ2) is 7.59. The van der Waals surface area contributed by atoms with Crippen LogP contribution in [0.15, 0.2) is 36.4 Å². The Morgan fingerprint density at radius 2 is 1.92 bits per heavy atom. The first kappa shape index (κ1) is 17.5. The molecule has 0 aliphatic heterocycles. The third kappa shape index (κ3) is 4.10. The van der Waals surface area contributed by atoms with E-state index in [1.807, 2.05) is 32.0 Å². The summed E-state index contributed by atoms with van der Waals surface area (Å²) in [4.78, 5) is 22.5. The summed E-state index contributed by atoms with van der Waals surface area (Å²) in [5.74, 6) is 0.429. The van der Waals surface area contributed by atoms with Gasteiger partial charge in [-0.2, -0.15) is 0 Å². The number of carbonyl (C=O) groups is 1. The molecule has 0 atom stereocenters. The molecule has 2 aromatic carbocycles. The SMILES string of the molecule is Cc1ccc(C(=O)NCCOc2cccc(C)c2C)cc1[N+](=O)[O-]. The van der Waals surface area contributed by atoms with E-state index in [0.29, 0.717) is 18.7 Å². The van der Waals surface area contributed by atoms with Gasteiger partial charge in [0.2, 0.25) is 0 Å². The first-order valence-corrected chi connectivity index (χ1v) is 7.62. The highest BCUT2D eigenvalue weighted by Crippen LogP contribution is 2.20. The summed E-state index contributed by atoms with van der Waals surface area (Å²) in [6.45, 7) is 6.26. The van der Waals surface area contributed by atoms with E-state index < -0.39 is 4.92 Å². The predicted octanol–water partition coefficient (Wildman–Crippen LogP) is 3.33. The molecule has 2 aromatic rings. The Kier molecular flexibility index (Phi) is 5.52. The summed E-state index contributed by atoms with van der Waals surface area (Å²) < 4.78 is 5.66. The molecule has 0 aliphatic rings. The molecular weight excluding hydrogens is 308 g/mol. The van der Waals surface area contributed by atoms with Crippen molar-refractivity contribution >= 4 is 11.6 Å². The van der Waals surface area contributed by atoms with Crippen LogP contribution in [0.25, 0.3) is 0 Å². The monoisotopic (exact) mass is 328 g/mol. The molecule has 0 bridgehead atoms. The van der Waals surface area contributed by atoms with E-state index in [1.54, 1.807) is 19.1 Å². The van der Waals surface area contributed by atoms with Crippen molar-refractivity contribution in [2.45, 2.75) is 20.8 Å². The average Bonchev–Trinajstić information content (AvgIpc) is 2.55. The summed E-state index contributed by atoms with van der Waals surface area (Å²) in [6.07, 6.45) is 0. The fourth-order valence-electron chi connectivity index (χ4n) is 2.26. The van der Waals surface area contributed by atoms with Gasteiger partial charge in [-0.05, 0) is 44.0 Å². The highest BCUT2D eigenvalue weighted by atomic mass is 16.6. The molecule has 0 saturated carbocycles. The highest BCUT2D eigenvalue weighted by molar-refractivity contribution is 5.94. The Balaban J connectivity index is 1.91. The summed E-state index contributed by atoms with van der Waals surface area (Å²) in [7, 11) is 0. The van der Waals surface area contributed by atoms with E-state index in [4.69, 9.17) is 4.74 Å². The second-order valence-corrected chi connectivity index (χ2v) is 5.56. The van der Waals surface area contributed by atoms with Crippen molar-refractivity contribution < 1.29 is 14.5 Å². The summed E-state index contributed by atoms with van der Waals surface area (Å²) in [5.41, 5.74) is 2.93. The minimum absolute atomic E-state index is 0.0608. The van der Waals surface area contributed by atoms with Crippen molar-refractivity contribution in [2.24, 2.45) is 0 Å². The van der Waals surface area contributed by atoms with Gasteiger partial charge in [-0.15, -0.1) is 0 Å². The molecule has 126 valence electrons. The molecule has 0 aromatic heterocycles. The number of amides is 1. The smallest absolute Gasteiger partial charge is 0.273 e. The normalized spacial score (nSPS) is 10.3. The largest absolute Gasteiger partial charge is 0.491 e. The number of nitro benzene ring substituents is 1.